The van der Waals surface area contributed by atoms with E-state index in [1.807, 2.05) is 0 Å². The van der Waals surface area contributed by atoms with Crippen LogP contribution in [0.4, 0.5) is 0 Å². The van der Waals surface area contributed by atoms with Gasteiger partial charge in [-0.15, -0.1) is 0 Å². The van der Waals surface area contributed by atoms with E-state index in [0.29, 0.717) is 25.9 Å². The van der Waals surface area contributed by atoms with Gasteiger partial charge in [-0.1, -0.05) is 0 Å². The molecule has 82 valence electrons. The van der Waals surface area contributed by atoms with Crippen molar-refractivity contribution in [1.82, 2.24) is 15.1 Å². The third kappa shape index (κ3) is 1.79. The molecule has 0 unspecified atom stereocenters. The van der Waals surface area contributed by atoms with Gasteiger partial charge in [0, 0.05) is 6.20 Å². The Hall–Kier alpha value is -0.880. The highest BCUT2D eigenvalue weighted by Gasteiger charge is 2.42. The van der Waals surface area contributed by atoms with Gasteiger partial charge in [-0.25, -0.2) is 4.79 Å². The summed E-state index contributed by atoms with van der Waals surface area (Å²) >= 11 is 3.28. The minimum Gasteiger partial charge on any atom is -0.479 e. The summed E-state index contributed by atoms with van der Waals surface area (Å²) in [4.78, 5) is 11.4. The molecule has 0 spiro atoms. The second-order valence-corrected chi connectivity index (χ2v) is 4.61. The average Bonchev–Trinajstić information content (AvgIpc) is 2.66. The van der Waals surface area contributed by atoms with Crippen LogP contribution in [0.2, 0.25) is 0 Å². The second kappa shape index (κ2) is 3.94. The minimum absolute atomic E-state index is 0.566. The number of aliphatic carboxylic acids is 1. The molecule has 1 aliphatic rings. The van der Waals surface area contributed by atoms with Crippen LogP contribution in [0.3, 0.4) is 0 Å². The van der Waals surface area contributed by atoms with Crippen LogP contribution in [0.1, 0.15) is 12.8 Å². The van der Waals surface area contributed by atoms with E-state index >= 15 is 0 Å². The van der Waals surface area contributed by atoms with Crippen molar-refractivity contribution < 1.29 is 9.90 Å². The predicted octanol–water partition coefficient (Wildman–Crippen LogP) is 0.809. The lowest BCUT2D eigenvalue weighted by molar-refractivity contribution is -0.149. The molecule has 0 radical (unpaired) electrons. The van der Waals surface area contributed by atoms with Gasteiger partial charge in [0.25, 0.3) is 0 Å². The molecule has 1 aromatic rings. The van der Waals surface area contributed by atoms with Crippen LogP contribution in [0.5, 0.6) is 0 Å². The highest BCUT2D eigenvalue weighted by molar-refractivity contribution is 9.10. The van der Waals surface area contributed by atoms with Crippen LogP contribution in [0.25, 0.3) is 0 Å². The van der Waals surface area contributed by atoms with Crippen LogP contribution < -0.4 is 5.32 Å². The van der Waals surface area contributed by atoms with Crippen molar-refractivity contribution in [2.24, 2.45) is 0 Å². The Morgan fingerprint density at radius 3 is 2.73 bits per heavy atom. The van der Waals surface area contributed by atoms with Crippen LogP contribution in [0.15, 0.2) is 16.9 Å². The zero-order valence-electron chi connectivity index (χ0n) is 8.11. The molecule has 0 atom stereocenters. The Bertz CT molecular complexity index is 371. The molecule has 1 saturated heterocycles. The molecule has 0 aliphatic carbocycles. The van der Waals surface area contributed by atoms with Gasteiger partial charge in [0.1, 0.15) is 0 Å². The van der Waals surface area contributed by atoms with Crippen LogP contribution in [0, 0.1) is 0 Å². The second-order valence-electron chi connectivity index (χ2n) is 3.69. The standard InChI is InChI=1S/C9H12BrN3O2/c10-7-5-12-13(6-7)9(8(14)15)1-3-11-4-2-9/h5-6,11H,1-4H2,(H,14,15). The predicted molar refractivity (Wildman–Crippen MR) is 57.6 cm³/mol. The maximum atomic E-state index is 11.4. The highest BCUT2D eigenvalue weighted by Crippen LogP contribution is 2.28. The summed E-state index contributed by atoms with van der Waals surface area (Å²) in [6.45, 7) is 1.42. The highest BCUT2D eigenvalue weighted by atomic mass is 79.9. The third-order valence-corrected chi connectivity index (χ3v) is 3.23. The number of carboxylic acid groups (broad SMARTS) is 1. The fraction of sp³-hybridized carbons (Fsp3) is 0.556. The molecule has 0 saturated carbocycles. The summed E-state index contributed by atoms with van der Waals surface area (Å²) in [6, 6.07) is 0. The average molecular weight is 274 g/mol. The van der Waals surface area contributed by atoms with Gasteiger partial charge in [0.2, 0.25) is 0 Å². The molecule has 1 fully saturated rings. The Kier molecular flexibility index (Phi) is 2.79. The van der Waals surface area contributed by atoms with E-state index in [-0.39, 0.29) is 0 Å². The quantitative estimate of drug-likeness (QED) is 0.837. The Labute approximate surface area is 95.6 Å². The van der Waals surface area contributed by atoms with Crippen molar-refractivity contribution >= 4 is 21.9 Å². The van der Waals surface area contributed by atoms with Crippen LogP contribution in [-0.4, -0.2) is 33.9 Å². The maximum absolute atomic E-state index is 11.4. The number of halogens is 1. The molecule has 2 N–H and O–H groups in total. The van der Waals surface area contributed by atoms with Gasteiger partial charge in [-0.05, 0) is 41.9 Å². The van der Waals surface area contributed by atoms with Crippen molar-refractivity contribution in [3.05, 3.63) is 16.9 Å². The molecule has 5 nitrogen and oxygen atoms in total. The van der Waals surface area contributed by atoms with Crippen molar-refractivity contribution in [2.45, 2.75) is 18.4 Å². The summed E-state index contributed by atoms with van der Waals surface area (Å²) in [5.74, 6) is -0.806. The molecule has 0 aromatic carbocycles. The summed E-state index contributed by atoms with van der Waals surface area (Å²) in [7, 11) is 0. The number of aromatic nitrogens is 2. The molecule has 6 heteroatoms. The van der Waals surface area contributed by atoms with Crippen molar-refractivity contribution in [2.75, 3.05) is 13.1 Å². The minimum atomic E-state index is -0.878. The zero-order chi connectivity index (χ0) is 10.9. The van der Waals surface area contributed by atoms with Gasteiger partial charge >= 0.3 is 5.97 Å². The third-order valence-electron chi connectivity index (χ3n) is 2.82. The summed E-state index contributed by atoms with van der Waals surface area (Å²) in [6.07, 6.45) is 4.47. The summed E-state index contributed by atoms with van der Waals surface area (Å²) in [5.41, 5.74) is -0.878. The molecule has 15 heavy (non-hydrogen) atoms. The molecule has 2 heterocycles. The zero-order valence-corrected chi connectivity index (χ0v) is 9.70. The van der Waals surface area contributed by atoms with E-state index in [1.165, 1.54) is 0 Å². The SMILES string of the molecule is O=C(O)C1(n2cc(Br)cn2)CCNCC1. The van der Waals surface area contributed by atoms with E-state index in [1.54, 1.807) is 17.1 Å². The number of piperidine rings is 1. The number of carboxylic acids is 1. The van der Waals surface area contributed by atoms with Crippen LogP contribution in [-0.2, 0) is 10.3 Å². The number of hydrogen-bond acceptors (Lipinski definition) is 3. The molecule has 0 amide bonds. The number of hydrogen-bond donors (Lipinski definition) is 2. The van der Waals surface area contributed by atoms with E-state index in [4.69, 9.17) is 0 Å². The first-order valence-electron chi connectivity index (χ1n) is 4.80. The van der Waals surface area contributed by atoms with E-state index in [0.717, 1.165) is 4.47 Å². The molecular weight excluding hydrogens is 262 g/mol. The van der Waals surface area contributed by atoms with E-state index in [2.05, 4.69) is 26.3 Å². The smallest absolute Gasteiger partial charge is 0.331 e. The van der Waals surface area contributed by atoms with Gasteiger partial charge in [-0.2, -0.15) is 5.10 Å². The molecule has 1 aliphatic heterocycles. The summed E-state index contributed by atoms with van der Waals surface area (Å²) in [5, 5.41) is 16.6. The number of carbonyl (C=O) groups is 1. The Morgan fingerprint density at radius 1 is 1.60 bits per heavy atom. The molecular formula is C9H12BrN3O2. The van der Waals surface area contributed by atoms with Gasteiger partial charge < -0.3 is 10.4 Å². The first kappa shape index (κ1) is 10.6. The summed E-state index contributed by atoms with van der Waals surface area (Å²) < 4.78 is 2.36. The van der Waals surface area contributed by atoms with E-state index in [9.17, 15) is 9.90 Å². The van der Waals surface area contributed by atoms with Crippen LogP contribution >= 0.6 is 15.9 Å². The first-order chi connectivity index (χ1) is 7.15. The maximum Gasteiger partial charge on any atom is 0.331 e. The molecule has 0 bridgehead atoms. The normalized spacial score (nSPS) is 20.1. The van der Waals surface area contributed by atoms with Crippen molar-refractivity contribution in [3.63, 3.8) is 0 Å². The lowest BCUT2D eigenvalue weighted by Crippen LogP contribution is -2.50. The van der Waals surface area contributed by atoms with Crippen molar-refractivity contribution in [1.29, 1.82) is 0 Å². The van der Waals surface area contributed by atoms with Gasteiger partial charge in [0.15, 0.2) is 5.54 Å². The molecule has 1 aromatic heterocycles. The lowest BCUT2D eigenvalue weighted by Gasteiger charge is -2.33. The Balaban J connectivity index is 2.37. The van der Waals surface area contributed by atoms with Gasteiger partial charge in [0.05, 0.1) is 10.7 Å². The largest absolute Gasteiger partial charge is 0.479 e. The first-order valence-corrected chi connectivity index (χ1v) is 5.59. The fourth-order valence-electron chi connectivity index (χ4n) is 1.92. The monoisotopic (exact) mass is 273 g/mol. The Morgan fingerprint density at radius 2 is 2.27 bits per heavy atom. The van der Waals surface area contributed by atoms with Crippen molar-refractivity contribution in [3.8, 4) is 0 Å². The molecule has 2 rings (SSSR count). The number of nitrogens with one attached hydrogen (secondary N) is 1. The number of nitrogens with zero attached hydrogens (tertiary/aromatic N) is 2. The van der Waals surface area contributed by atoms with E-state index < -0.39 is 11.5 Å². The van der Waals surface area contributed by atoms with Gasteiger partial charge in [-0.3, -0.25) is 4.68 Å². The fourth-order valence-corrected chi connectivity index (χ4v) is 2.20. The number of rotatable bonds is 2. The lowest BCUT2D eigenvalue weighted by atomic mass is 9.89. The topological polar surface area (TPSA) is 67.1 Å².